The number of hydrogen-bond acceptors (Lipinski definition) is 7. The summed E-state index contributed by atoms with van der Waals surface area (Å²) >= 11 is 0. The quantitative estimate of drug-likeness (QED) is 0.114. The average Bonchev–Trinajstić information content (AvgIpc) is 3.77. The Morgan fingerprint density at radius 2 is 1.14 bits per heavy atom. The van der Waals surface area contributed by atoms with Crippen molar-refractivity contribution < 1.29 is 99.4 Å². The van der Waals surface area contributed by atoms with Crippen molar-refractivity contribution >= 4 is 35.4 Å². The first kappa shape index (κ1) is 45.8. The van der Waals surface area contributed by atoms with Gasteiger partial charge in [-0.25, -0.2) is 37.1 Å². The fourth-order valence-corrected chi connectivity index (χ4v) is 6.74. The van der Waals surface area contributed by atoms with Gasteiger partial charge in [0.2, 0.25) is 0 Å². The summed E-state index contributed by atoms with van der Waals surface area (Å²) in [6.07, 6.45) is 7.81. The van der Waals surface area contributed by atoms with Crippen LogP contribution in [0.15, 0.2) is 36.4 Å². The van der Waals surface area contributed by atoms with Gasteiger partial charge in [0.25, 0.3) is 11.8 Å². The molecule has 302 valence electrons. The van der Waals surface area contributed by atoms with Crippen molar-refractivity contribution in [2.75, 3.05) is 29.5 Å². The molecule has 0 unspecified atom stereocenters. The number of unbranched alkanes of at least 4 members (excludes halogenated alkanes) is 2. The Morgan fingerprint density at radius 3 is 1.54 bits per heavy atom. The summed E-state index contributed by atoms with van der Waals surface area (Å²) in [6.45, 7) is 7.53. The number of ether oxygens (including phenoxy) is 1. The first-order chi connectivity index (χ1) is 26.9. The maximum Gasteiger partial charge on any atom is 1.00 e. The van der Waals surface area contributed by atoms with Gasteiger partial charge in [-0.3, -0.25) is 19.4 Å². The molecule has 0 saturated carbocycles. The number of carboxylic acid groups (broad SMARTS) is 1. The molecule has 4 heterocycles. The number of carbonyl (C=O) groups is 4. The third-order valence-electron chi connectivity index (χ3n) is 9.60. The molecule has 17 heteroatoms. The van der Waals surface area contributed by atoms with Crippen LogP contribution in [0.2, 0.25) is 0 Å². The molecule has 0 bridgehead atoms. The van der Waals surface area contributed by atoms with E-state index in [0.29, 0.717) is 51.1 Å². The van der Waals surface area contributed by atoms with Crippen LogP contribution >= 0.6 is 0 Å². The fraction of sp³-hybridized carbons (Fsp3) is 0.450. The third-order valence-corrected chi connectivity index (χ3v) is 9.60. The van der Waals surface area contributed by atoms with Crippen LogP contribution in [0.5, 0.6) is 0 Å². The van der Waals surface area contributed by atoms with E-state index >= 15 is 0 Å². The second-order valence-electron chi connectivity index (χ2n) is 13.5. The smallest absolute Gasteiger partial charge is 1.00 e. The first-order valence-corrected chi connectivity index (χ1v) is 19.0. The van der Waals surface area contributed by atoms with E-state index in [1.807, 2.05) is 18.4 Å². The Bertz CT molecular complexity index is 2100. The largest absolute Gasteiger partial charge is 1.00 e. The van der Waals surface area contributed by atoms with Gasteiger partial charge in [0.15, 0.2) is 46.3 Å². The van der Waals surface area contributed by atoms with Crippen LogP contribution in [0.4, 0.5) is 29.2 Å². The number of imidazole rings is 2. The number of fused-ring (bicyclic) bond motifs is 2. The molecule has 4 aromatic rings. The number of carboxylic acids is 1. The molecule has 2 amide bonds. The zero-order valence-corrected chi connectivity index (χ0v) is 35.9. The van der Waals surface area contributed by atoms with Crippen molar-refractivity contribution in [3.05, 3.63) is 93.8 Å². The Hall–Kier alpha value is -3.90. The number of hydrogen-bond donors (Lipinski definition) is 1. The van der Waals surface area contributed by atoms with Gasteiger partial charge in [-0.15, -0.1) is 0 Å². The number of rotatable bonds is 13. The Kier molecular flexibility index (Phi) is 17.0. The van der Waals surface area contributed by atoms with E-state index in [0.717, 1.165) is 68.6 Å². The molecule has 2 aliphatic heterocycles. The van der Waals surface area contributed by atoms with E-state index in [2.05, 4.69) is 9.97 Å². The van der Waals surface area contributed by atoms with E-state index in [-0.39, 0.29) is 100 Å². The van der Waals surface area contributed by atoms with Gasteiger partial charge in [0.05, 0.1) is 6.61 Å². The Labute approximate surface area is 372 Å². The standard InChI is InChI=1S/C21H25F2N3O3.C19H21F2N3O3.K.H/c1-3-5-11-26(20(27)14-9-10-15(22)16(23)13-14)19-18(21(28)29-4-2)25-12-7-6-8-17(25)24-19;1-2-3-9-24(18(25)12-7-8-13(20)14(21)11-12)17-16(19(26)27)23-10-5-4-6-15(23)22-17;;/h9-10,13H,3-8,11-12H2,1-2H3;7-8,11H,2-6,9-10H2,1H3,(H,26,27);;/q;;+1;-1. The minimum absolute atomic E-state index is 0. The van der Waals surface area contributed by atoms with Crippen LogP contribution in [0.1, 0.15) is 127 Å². The Balaban J connectivity index is 0.000000301. The van der Waals surface area contributed by atoms with Crippen LogP contribution in [0.3, 0.4) is 0 Å². The second-order valence-corrected chi connectivity index (χ2v) is 13.5. The molecule has 0 spiro atoms. The number of esters is 1. The number of aromatic nitrogens is 4. The molecule has 0 aliphatic carbocycles. The molecular weight excluding hydrogens is 776 g/mol. The van der Waals surface area contributed by atoms with Crippen LogP contribution in [-0.2, 0) is 30.7 Å². The molecule has 1 N–H and O–H groups in total. The number of carbonyl (C=O) groups excluding carboxylic acids is 3. The summed E-state index contributed by atoms with van der Waals surface area (Å²) in [5.74, 6) is -5.46. The Morgan fingerprint density at radius 1 is 0.702 bits per heavy atom. The van der Waals surface area contributed by atoms with E-state index in [1.165, 1.54) is 21.9 Å². The monoisotopic (exact) mass is 822 g/mol. The molecule has 0 radical (unpaired) electrons. The van der Waals surface area contributed by atoms with Gasteiger partial charge in [-0.05, 0) is 81.8 Å². The summed E-state index contributed by atoms with van der Waals surface area (Å²) in [6, 6.07) is 5.93. The fourth-order valence-electron chi connectivity index (χ4n) is 6.74. The molecular formula is C40H47F4KN6O6. The van der Waals surface area contributed by atoms with Crippen molar-refractivity contribution in [2.45, 2.75) is 98.1 Å². The first-order valence-electron chi connectivity index (χ1n) is 19.0. The summed E-state index contributed by atoms with van der Waals surface area (Å²) in [7, 11) is 0. The SMILES string of the molecule is CCCCN(C(=O)c1ccc(F)c(F)c1)c1nc2n(c1C(=O)O)CCCC2.CCCCN(C(=O)c1ccc(F)c(F)c1)c1nc2n(c1C(=O)OCC)CCCC2.[H-].[K+]. The van der Waals surface area contributed by atoms with Crippen LogP contribution in [0, 0.1) is 23.3 Å². The van der Waals surface area contributed by atoms with Crippen LogP contribution in [-0.4, -0.2) is 67.7 Å². The maximum absolute atomic E-state index is 13.7. The van der Waals surface area contributed by atoms with Gasteiger partial charge in [0.1, 0.15) is 11.6 Å². The molecule has 2 aromatic heterocycles. The second kappa shape index (κ2) is 21.2. The third kappa shape index (κ3) is 10.6. The number of halogens is 4. The number of benzene rings is 2. The van der Waals surface area contributed by atoms with Crippen molar-refractivity contribution in [3.63, 3.8) is 0 Å². The molecule has 0 fully saturated rings. The van der Waals surface area contributed by atoms with E-state index < -0.39 is 47.0 Å². The average molecular weight is 823 g/mol. The number of aryl methyl sites for hydroxylation is 2. The van der Waals surface area contributed by atoms with Crippen molar-refractivity contribution in [3.8, 4) is 0 Å². The number of amides is 2. The molecule has 2 aliphatic rings. The minimum atomic E-state index is -1.16. The molecule has 0 saturated heterocycles. The maximum atomic E-state index is 13.7. The molecule has 6 rings (SSSR count). The van der Waals surface area contributed by atoms with Crippen LogP contribution < -0.4 is 61.2 Å². The van der Waals surface area contributed by atoms with E-state index in [1.54, 1.807) is 11.5 Å². The summed E-state index contributed by atoms with van der Waals surface area (Å²) < 4.78 is 62.5. The summed E-state index contributed by atoms with van der Waals surface area (Å²) in [5.41, 5.74) is 0.165. The number of anilines is 2. The minimum Gasteiger partial charge on any atom is -1.00 e. The van der Waals surface area contributed by atoms with Gasteiger partial charge in [-0.2, -0.15) is 0 Å². The predicted octanol–water partition coefficient (Wildman–Crippen LogP) is 4.88. The summed E-state index contributed by atoms with van der Waals surface area (Å²) in [5, 5.41) is 9.71. The number of nitrogens with zero attached hydrogens (tertiary/aromatic N) is 6. The van der Waals surface area contributed by atoms with Crippen molar-refractivity contribution in [1.82, 2.24) is 19.1 Å². The molecule has 0 atom stereocenters. The van der Waals surface area contributed by atoms with Gasteiger partial charge < -0.3 is 20.4 Å². The zero-order chi connectivity index (χ0) is 40.5. The van der Waals surface area contributed by atoms with Gasteiger partial charge >= 0.3 is 63.3 Å². The van der Waals surface area contributed by atoms with Crippen LogP contribution in [0.25, 0.3) is 0 Å². The molecule has 12 nitrogen and oxygen atoms in total. The van der Waals surface area contributed by atoms with E-state index in [4.69, 9.17) is 4.74 Å². The summed E-state index contributed by atoms with van der Waals surface area (Å²) in [4.78, 5) is 62.5. The predicted molar refractivity (Wildman–Crippen MR) is 200 cm³/mol. The zero-order valence-electron chi connectivity index (χ0n) is 33.8. The molecule has 2 aromatic carbocycles. The topological polar surface area (TPSA) is 140 Å². The molecule has 57 heavy (non-hydrogen) atoms. The van der Waals surface area contributed by atoms with E-state index in [9.17, 15) is 41.8 Å². The normalized spacial score (nSPS) is 13.0. The number of aromatic carboxylic acids is 1. The van der Waals surface area contributed by atoms with Crippen molar-refractivity contribution in [2.24, 2.45) is 0 Å². The van der Waals surface area contributed by atoms with Crippen molar-refractivity contribution in [1.29, 1.82) is 0 Å². The van der Waals surface area contributed by atoms with Gasteiger partial charge in [0, 0.05) is 50.1 Å². The van der Waals surface area contributed by atoms with Gasteiger partial charge in [-0.1, -0.05) is 26.7 Å².